The van der Waals surface area contributed by atoms with Crippen molar-refractivity contribution in [1.29, 1.82) is 0 Å². The number of aliphatic hydroxyl groups is 1. The van der Waals surface area contributed by atoms with E-state index in [-0.39, 0.29) is 12.6 Å². The van der Waals surface area contributed by atoms with Crippen LogP contribution in [-0.2, 0) is 0 Å². The summed E-state index contributed by atoms with van der Waals surface area (Å²) in [5, 5.41) is 8.62. The SMILES string of the molecule is C[C@@H](N)c1ccc(SCCCO)cn1. The fourth-order valence-corrected chi connectivity index (χ4v) is 1.80. The molecule has 3 nitrogen and oxygen atoms in total. The molecule has 78 valence electrons. The molecule has 1 rings (SSSR count). The second-order valence-electron chi connectivity index (χ2n) is 3.13. The average molecular weight is 212 g/mol. The molecule has 4 heteroatoms. The third-order valence-electron chi connectivity index (χ3n) is 1.80. The number of pyridine rings is 1. The molecule has 0 aliphatic heterocycles. The Balaban J connectivity index is 2.47. The van der Waals surface area contributed by atoms with Gasteiger partial charge in [0.1, 0.15) is 0 Å². The van der Waals surface area contributed by atoms with E-state index in [0.717, 1.165) is 22.8 Å². The van der Waals surface area contributed by atoms with E-state index >= 15 is 0 Å². The number of hydrogen-bond donors (Lipinski definition) is 2. The summed E-state index contributed by atoms with van der Waals surface area (Å²) in [6.07, 6.45) is 2.65. The minimum atomic E-state index is -0.00788. The van der Waals surface area contributed by atoms with Crippen molar-refractivity contribution in [3.63, 3.8) is 0 Å². The third kappa shape index (κ3) is 3.65. The highest BCUT2D eigenvalue weighted by Crippen LogP contribution is 2.18. The number of hydrogen-bond acceptors (Lipinski definition) is 4. The van der Waals surface area contributed by atoms with E-state index in [1.165, 1.54) is 0 Å². The fraction of sp³-hybridized carbons (Fsp3) is 0.500. The van der Waals surface area contributed by atoms with E-state index in [4.69, 9.17) is 10.8 Å². The molecule has 3 N–H and O–H groups in total. The lowest BCUT2D eigenvalue weighted by Crippen LogP contribution is -2.06. The Hall–Kier alpha value is -0.580. The van der Waals surface area contributed by atoms with Gasteiger partial charge in [-0.25, -0.2) is 0 Å². The molecule has 0 aromatic carbocycles. The number of rotatable bonds is 5. The van der Waals surface area contributed by atoms with Gasteiger partial charge in [0.15, 0.2) is 0 Å². The van der Waals surface area contributed by atoms with Crippen molar-refractivity contribution in [2.45, 2.75) is 24.3 Å². The third-order valence-corrected chi connectivity index (χ3v) is 2.86. The summed E-state index contributed by atoms with van der Waals surface area (Å²) in [5.41, 5.74) is 6.60. The molecule has 0 saturated heterocycles. The monoisotopic (exact) mass is 212 g/mol. The summed E-state index contributed by atoms with van der Waals surface area (Å²) < 4.78 is 0. The first-order valence-electron chi connectivity index (χ1n) is 4.69. The van der Waals surface area contributed by atoms with Gasteiger partial charge in [0.25, 0.3) is 0 Å². The zero-order chi connectivity index (χ0) is 10.4. The highest BCUT2D eigenvalue weighted by molar-refractivity contribution is 7.99. The highest BCUT2D eigenvalue weighted by atomic mass is 32.2. The van der Waals surface area contributed by atoms with E-state index in [0.29, 0.717) is 0 Å². The summed E-state index contributed by atoms with van der Waals surface area (Å²) in [7, 11) is 0. The van der Waals surface area contributed by atoms with Crippen molar-refractivity contribution in [3.8, 4) is 0 Å². The lowest BCUT2D eigenvalue weighted by atomic mass is 10.2. The quantitative estimate of drug-likeness (QED) is 0.574. The molecule has 1 aromatic heterocycles. The van der Waals surface area contributed by atoms with Crippen LogP contribution in [0.4, 0.5) is 0 Å². The predicted molar refractivity (Wildman–Crippen MR) is 59.3 cm³/mol. The maximum atomic E-state index is 8.62. The molecule has 0 spiro atoms. The summed E-state index contributed by atoms with van der Waals surface area (Å²) >= 11 is 1.70. The van der Waals surface area contributed by atoms with Gasteiger partial charge in [-0.1, -0.05) is 0 Å². The Labute approximate surface area is 88.7 Å². The Morgan fingerprint density at radius 1 is 1.57 bits per heavy atom. The molecule has 0 saturated carbocycles. The molecule has 14 heavy (non-hydrogen) atoms. The van der Waals surface area contributed by atoms with Gasteiger partial charge in [-0.2, -0.15) is 0 Å². The molecular weight excluding hydrogens is 196 g/mol. The first kappa shape index (κ1) is 11.5. The van der Waals surface area contributed by atoms with Crippen LogP contribution in [-0.4, -0.2) is 22.5 Å². The van der Waals surface area contributed by atoms with Gasteiger partial charge in [0.05, 0.1) is 5.69 Å². The van der Waals surface area contributed by atoms with Crippen LogP contribution in [0.5, 0.6) is 0 Å². The molecule has 0 radical (unpaired) electrons. The van der Waals surface area contributed by atoms with Crippen LogP contribution in [0.15, 0.2) is 23.2 Å². The van der Waals surface area contributed by atoms with Crippen LogP contribution in [0, 0.1) is 0 Å². The summed E-state index contributed by atoms with van der Waals surface area (Å²) in [6, 6.07) is 3.96. The maximum absolute atomic E-state index is 8.62. The summed E-state index contributed by atoms with van der Waals surface area (Å²) in [6.45, 7) is 2.17. The number of thioether (sulfide) groups is 1. The predicted octanol–water partition coefficient (Wildman–Crippen LogP) is 1.58. The largest absolute Gasteiger partial charge is 0.396 e. The Morgan fingerprint density at radius 3 is 2.86 bits per heavy atom. The Kier molecular flexibility index (Phi) is 4.93. The van der Waals surface area contributed by atoms with Crippen LogP contribution < -0.4 is 5.73 Å². The fourth-order valence-electron chi connectivity index (χ4n) is 1.00. The van der Waals surface area contributed by atoms with Gasteiger partial charge in [0.2, 0.25) is 0 Å². The van der Waals surface area contributed by atoms with Gasteiger partial charge in [-0.15, -0.1) is 11.8 Å². The van der Waals surface area contributed by atoms with Crippen molar-refractivity contribution in [3.05, 3.63) is 24.0 Å². The van der Waals surface area contributed by atoms with Gasteiger partial charge >= 0.3 is 0 Å². The molecule has 0 fully saturated rings. The minimum Gasteiger partial charge on any atom is -0.396 e. The topological polar surface area (TPSA) is 59.1 Å². The van der Waals surface area contributed by atoms with E-state index in [2.05, 4.69) is 4.98 Å². The Bertz CT molecular complexity index is 261. The number of nitrogens with two attached hydrogens (primary N) is 1. The first-order chi connectivity index (χ1) is 6.74. The molecular formula is C10H16N2OS. The van der Waals surface area contributed by atoms with Crippen LogP contribution in [0.3, 0.4) is 0 Å². The number of nitrogens with zero attached hydrogens (tertiary/aromatic N) is 1. The maximum Gasteiger partial charge on any atom is 0.0569 e. The zero-order valence-corrected chi connectivity index (χ0v) is 9.13. The smallest absolute Gasteiger partial charge is 0.0569 e. The van der Waals surface area contributed by atoms with Gasteiger partial charge in [-0.05, 0) is 25.5 Å². The molecule has 1 aromatic rings. The van der Waals surface area contributed by atoms with E-state index < -0.39 is 0 Å². The first-order valence-corrected chi connectivity index (χ1v) is 5.68. The molecule has 1 atom stereocenters. The number of aliphatic hydroxyl groups excluding tert-OH is 1. The number of aromatic nitrogens is 1. The van der Waals surface area contributed by atoms with Crippen molar-refractivity contribution in [1.82, 2.24) is 4.98 Å². The molecule has 0 amide bonds. The standard InChI is InChI=1S/C10H16N2OS/c1-8(11)10-4-3-9(7-12-10)14-6-2-5-13/h3-4,7-8,13H,2,5-6,11H2,1H3/t8-/m1/s1. The summed E-state index contributed by atoms with van der Waals surface area (Å²) in [4.78, 5) is 5.38. The van der Waals surface area contributed by atoms with Gasteiger partial charge < -0.3 is 10.8 Å². The lowest BCUT2D eigenvalue weighted by Gasteiger charge is -2.05. The normalized spacial score (nSPS) is 12.8. The van der Waals surface area contributed by atoms with E-state index in [1.807, 2.05) is 25.3 Å². The second kappa shape index (κ2) is 6.01. The Morgan fingerprint density at radius 2 is 2.36 bits per heavy atom. The minimum absolute atomic E-state index is 0.00788. The molecule has 0 bridgehead atoms. The van der Waals surface area contributed by atoms with E-state index in [9.17, 15) is 0 Å². The van der Waals surface area contributed by atoms with E-state index in [1.54, 1.807) is 11.8 Å². The van der Waals surface area contributed by atoms with Crippen molar-refractivity contribution in [2.24, 2.45) is 5.73 Å². The van der Waals surface area contributed by atoms with Gasteiger partial charge in [-0.3, -0.25) is 4.98 Å². The van der Waals surface area contributed by atoms with Crippen molar-refractivity contribution in [2.75, 3.05) is 12.4 Å². The zero-order valence-electron chi connectivity index (χ0n) is 8.31. The second-order valence-corrected chi connectivity index (χ2v) is 4.30. The van der Waals surface area contributed by atoms with Crippen LogP contribution in [0.2, 0.25) is 0 Å². The molecule has 0 unspecified atom stereocenters. The van der Waals surface area contributed by atoms with Crippen LogP contribution in [0.1, 0.15) is 25.1 Å². The molecule has 0 aliphatic rings. The highest BCUT2D eigenvalue weighted by Gasteiger charge is 2.00. The lowest BCUT2D eigenvalue weighted by molar-refractivity contribution is 0.296. The van der Waals surface area contributed by atoms with Crippen LogP contribution >= 0.6 is 11.8 Å². The van der Waals surface area contributed by atoms with Crippen molar-refractivity contribution < 1.29 is 5.11 Å². The molecule has 1 heterocycles. The van der Waals surface area contributed by atoms with Crippen LogP contribution in [0.25, 0.3) is 0 Å². The van der Waals surface area contributed by atoms with Crippen molar-refractivity contribution >= 4 is 11.8 Å². The average Bonchev–Trinajstić information content (AvgIpc) is 2.19. The van der Waals surface area contributed by atoms with Gasteiger partial charge in [0, 0.05) is 29.5 Å². The summed E-state index contributed by atoms with van der Waals surface area (Å²) in [5.74, 6) is 0.926. The molecule has 0 aliphatic carbocycles.